The standard InChI is InChI=1S/C19H32N2/c1-5-19(6-2,14-20-17-11-12-17)15-21(7-3)18-10-8-9-16(4)13-18/h8-10,13,17,20H,5-7,11-12,14-15H2,1-4H3. The highest BCUT2D eigenvalue weighted by atomic mass is 15.1. The quantitative estimate of drug-likeness (QED) is 0.725. The third-order valence-corrected chi connectivity index (χ3v) is 5.12. The Balaban J connectivity index is 2.08. The molecule has 1 aliphatic rings. The fraction of sp³-hybridized carbons (Fsp3) is 0.684. The SMILES string of the molecule is CCN(CC(CC)(CC)CNC1CC1)c1cccc(C)c1. The molecule has 1 N–H and O–H groups in total. The summed E-state index contributed by atoms with van der Waals surface area (Å²) in [6.45, 7) is 12.5. The van der Waals surface area contributed by atoms with Crippen LogP contribution < -0.4 is 10.2 Å². The van der Waals surface area contributed by atoms with Crippen molar-refractivity contribution in [3.63, 3.8) is 0 Å². The van der Waals surface area contributed by atoms with Gasteiger partial charge in [0.05, 0.1) is 0 Å². The van der Waals surface area contributed by atoms with Crippen LogP contribution in [0, 0.1) is 12.3 Å². The van der Waals surface area contributed by atoms with Crippen LogP contribution >= 0.6 is 0 Å². The first-order chi connectivity index (χ1) is 10.1. The van der Waals surface area contributed by atoms with E-state index in [1.807, 2.05) is 0 Å². The number of hydrogen-bond donors (Lipinski definition) is 1. The monoisotopic (exact) mass is 288 g/mol. The van der Waals surface area contributed by atoms with Crippen LogP contribution in [0.3, 0.4) is 0 Å². The molecule has 1 aromatic rings. The van der Waals surface area contributed by atoms with E-state index in [-0.39, 0.29) is 0 Å². The Bertz CT molecular complexity index is 433. The van der Waals surface area contributed by atoms with Crippen molar-refractivity contribution in [3.05, 3.63) is 29.8 Å². The zero-order valence-corrected chi connectivity index (χ0v) is 14.3. The van der Waals surface area contributed by atoms with Gasteiger partial charge in [0.2, 0.25) is 0 Å². The summed E-state index contributed by atoms with van der Waals surface area (Å²) in [5.74, 6) is 0. The summed E-state index contributed by atoms with van der Waals surface area (Å²) in [6, 6.07) is 9.72. The van der Waals surface area contributed by atoms with E-state index >= 15 is 0 Å². The van der Waals surface area contributed by atoms with Gasteiger partial charge in [-0.05, 0) is 62.6 Å². The van der Waals surface area contributed by atoms with Gasteiger partial charge in [-0.15, -0.1) is 0 Å². The van der Waals surface area contributed by atoms with Gasteiger partial charge in [0.15, 0.2) is 0 Å². The Morgan fingerprint density at radius 2 is 1.90 bits per heavy atom. The lowest BCUT2D eigenvalue weighted by molar-refractivity contribution is 0.252. The Kier molecular flexibility index (Phi) is 5.69. The predicted octanol–water partition coefficient (Wildman–Crippen LogP) is 4.38. The molecule has 0 radical (unpaired) electrons. The normalized spacial score (nSPS) is 15.2. The maximum atomic E-state index is 3.76. The van der Waals surface area contributed by atoms with Crippen molar-refractivity contribution in [2.75, 3.05) is 24.5 Å². The van der Waals surface area contributed by atoms with Crippen molar-refractivity contribution < 1.29 is 0 Å². The average Bonchev–Trinajstić information content (AvgIpc) is 3.33. The molecule has 0 aliphatic heterocycles. The van der Waals surface area contributed by atoms with Crippen LogP contribution in [0.15, 0.2) is 24.3 Å². The Morgan fingerprint density at radius 3 is 2.43 bits per heavy atom. The maximum Gasteiger partial charge on any atom is 0.0368 e. The largest absolute Gasteiger partial charge is 0.371 e. The number of rotatable bonds is 9. The van der Waals surface area contributed by atoms with Crippen LogP contribution in [-0.2, 0) is 0 Å². The Morgan fingerprint density at radius 1 is 1.19 bits per heavy atom. The van der Waals surface area contributed by atoms with Gasteiger partial charge in [-0.1, -0.05) is 26.0 Å². The molecule has 118 valence electrons. The van der Waals surface area contributed by atoms with E-state index in [2.05, 4.69) is 62.2 Å². The van der Waals surface area contributed by atoms with E-state index in [0.29, 0.717) is 5.41 Å². The molecule has 0 heterocycles. The molecule has 2 heteroatoms. The number of benzene rings is 1. The second kappa shape index (κ2) is 7.31. The second-order valence-electron chi connectivity index (χ2n) is 6.72. The third-order valence-electron chi connectivity index (χ3n) is 5.12. The van der Waals surface area contributed by atoms with Crippen molar-refractivity contribution >= 4 is 5.69 Å². The van der Waals surface area contributed by atoms with Gasteiger partial charge in [-0.25, -0.2) is 0 Å². The molecule has 1 saturated carbocycles. The Labute approximate surface area is 130 Å². The minimum absolute atomic E-state index is 0.391. The molecular weight excluding hydrogens is 256 g/mol. The predicted molar refractivity (Wildman–Crippen MR) is 93.1 cm³/mol. The van der Waals surface area contributed by atoms with Crippen molar-refractivity contribution in [2.24, 2.45) is 5.41 Å². The zero-order valence-electron chi connectivity index (χ0n) is 14.3. The topological polar surface area (TPSA) is 15.3 Å². The smallest absolute Gasteiger partial charge is 0.0368 e. The first-order valence-corrected chi connectivity index (χ1v) is 8.67. The van der Waals surface area contributed by atoms with E-state index < -0.39 is 0 Å². The molecule has 0 atom stereocenters. The zero-order chi connectivity index (χ0) is 15.3. The molecule has 1 aromatic carbocycles. The number of hydrogen-bond acceptors (Lipinski definition) is 2. The molecule has 1 aliphatic carbocycles. The first kappa shape index (κ1) is 16.4. The van der Waals surface area contributed by atoms with Crippen LogP contribution in [-0.4, -0.2) is 25.7 Å². The van der Waals surface area contributed by atoms with Gasteiger partial charge < -0.3 is 10.2 Å². The van der Waals surface area contributed by atoms with Crippen LogP contribution in [0.2, 0.25) is 0 Å². The Hall–Kier alpha value is -1.02. The van der Waals surface area contributed by atoms with Crippen molar-refractivity contribution in [3.8, 4) is 0 Å². The summed E-state index contributed by atoms with van der Waals surface area (Å²) in [7, 11) is 0. The molecule has 0 amide bonds. The summed E-state index contributed by atoms with van der Waals surface area (Å²) in [5, 5.41) is 3.76. The van der Waals surface area contributed by atoms with Gasteiger partial charge in [0.1, 0.15) is 0 Å². The highest BCUT2D eigenvalue weighted by Crippen LogP contribution is 2.31. The van der Waals surface area contributed by atoms with Gasteiger partial charge >= 0.3 is 0 Å². The van der Waals surface area contributed by atoms with E-state index in [1.54, 1.807) is 0 Å². The molecule has 0 saturated heterocycles. The first-order valence-electron chi connectivity index (χ1n) is 8.67. The summed E-state index contributed by atoms with van der Waals surface area (Å²) < 4.78 is 0. The lowest BCUT2D eigenvalue weighted by Gasteiger charge is -2.38. The molecule has 1 fully saturated rings. The molecule has 0 unspecified atom stereocenters. The van der Waals surface area contributed by atoms with E-state index in [4.69, 9.17) is 0 Å². The van der Waals surface area contributed by atoms with E-state index in [0.717, 1.165) is 25.7 Å². The summed E-state index contributed by atoms with van der Waals surface area (Å²) in [6.07, 6.45) is 5.23. The van der Waals surface area contributed by atoms with Crippen LogP contribution in [0.4, 0.5) is 5.69 Å². The highest BCUT2D eigenvalue weighted by Gasteiger charge is 2.31. The molecule has 0 bridgehead atoms. The fourth-order valence-electron chi connectivity index (χ4n) is 3.04. The molecule has 2 nitrogen and oxygen atoms in total. The number of anilines is 1. The lowest BCUT2D eigenvalue weighted by Crippen LogP contribution is -2.44. The van der Waals surface area contributed by atoms with Crippen LogP contribution in [0.25, 0.3) is 0 Å². The van der Waals surface area contributed by atoms with Crippen molar-refractivity contribution in [1.82, 2.24) is 5.32 Å². The van der Waals surface area contributed by atoms with Gasteiger partial charge in [-0.2, -0.15) is 0 Å². The minimum Gasteiger partial charge on any atom is -0.371 e. The molecule has 0 spiro atoms. The van der Waals surface area contributed by atoms with Gasteiger partial charge in [0, 0.05) is 31.4 Å². The van der Waals surface area contributed by atoms with Crippen molar-refractivity contribution in [2.45, 2.75) is 59.4 Å². The highest BCUT2D eigenvalue weighted by molar-refractivity contribution is 5.48. The maximum absolute atomic E-state index is 3.76. The number of nitrogens with zero attached hydrogens (tertiary/aromatic N) is 1. The summed E-state index contributed by atoms with van der Waals surface area (Å²) >= 11 is 0. The summed E-state index contributed by atoms with van der Waals surface area (Å²) in [4.78, 5) is 2.55. The number of aryl methyl sites for hydroxylation is 1. The fourth-order valence-corrected chi connectivity index (χ4v) is 3.04. The lowest BCUT2D eigenvalue weighted by atomic mass is 9.81. The van der Waals surface area contributed by atoms with Gasteiger partial charge in [-0.3, -0.25) is 0 Å². The molecule has 21 heavy (non-hydrogen) atoms. The summed E-state index contributed by atoms with van der Waals surface area (Å²) in [5.41, 5.74) is 3.11. The average molecular weight is 288 g/mol. The molecule has 2 rings (SSSR count). The van der Waals surface area contributed by atoms with Crippen molar-refractivity contribution in [1.29, 1.82) is 0 Å². The van der Waals surface area contributed by atoms with Crippen LogP contribution in [0.1, 0.15) is 52.0 Å². The third kappa shape index (κ3) is 4.47. The van der Waals surface area contributed by atoms with Gasteiger partial charge in [0.25, 0.3) is 0 Å². The molecule has 0 aromatic heterocycles. The van der Waals surface area contributed by atoms with E-state index in [1.165, 1.54) is 36.9 Å². The minimum atomic E-state index is 0.391. The number of nitrogens with one attached hydrogen (secondary N) is 1. The molecular formula is C19H32N2. The second-order valence-corrected chi connectivity index (χ2v) is 6.72. The van der Waals surface area contributed by atoms with Crippen LogP contribution in [0.5, 0.6) is 0 Å². The van der Waals surface area contributed by atoms with E-state index in [9.17, 15) is 0 Å².